The molecule has 1 aromatic heterocycles. The van der Waals surface area contributed by atoms with Gasteiger partial charge in [0.25, 0.3) is 0 Å². The van der Waals surface area contributed by atoms with Crippen LogP contribution in [0.3, 0.4) is 0 Å². The third-order valence-electron chi connectivity index (χ3n) is 4.81. The lowest BCUT2D eigenvalue weighted by Gasteiger charge is -2.32. The summed E-state index contributed by atoms with van der Waals surface area (Å²) in [7, 11) is 0. The summed E-state index contributed by atoms with van der Waals surface area (Å²) in [6.07, 6.45) is 12.5. The van der Waals surface area contributed by atoms with Crippen LogP contribution in [0.4, 0.5) is 11.8 Å². The lowest BCUT2D eigenvalue weighted by atomic mass is 10.0. The van der Waals surface area contributed by atoms with E-state index in [1.165, 1.54) is 51.4 Å². The quantitative estimate of drug-likeness (QED) is 0.858. The van der Waals surface area contributed by atoms with Crippen LogP contribution >= 0.6 is 0 Å². The molecule has 1 aliphatic carbocycles. The minimum atomic E-state index is 0.558. The normalized spacial score (nSPS) is 24.6. The Bertz CT molecular complexity index is 440. The van der Waals surface area contributed by atoms with E-state index >= 15 is 0 Å². The van der Waals surface area contributed by atoms with Gasteiger partial charge in [0.15, 0.2) is 0 Å². The first-order valence-electron chi connectivity index (χ1n) is 8.66. The summed E-state index contributed by atoms with van der Waals surface area (Å²) in [5.74, 6) is 2.68. The molecule has 2 aliphatic rings. The van der Waals surface area contributed by atoms with Crippen molar-refractivity contribution in [3.05, 3.63) is 12.3 Å². The van der Waals surface area contributed by atoms with Gasteiger partial charge in [0.05, 0.1) is 0 Å². The third kappa shape index (κ3) is 4.08. The Morgan fingerprint density at radius 1 is 1.10 bits per heavy atom. The molecule has 1 saturated heterocycles. The SMILES string of the molecule is CC1CCCN(c2ccnc(NC3CCCCCC3)n2)C1. The van der Waals surface area contributed by atoms with Crippen LogP contribution in [0.25, 0.3) is 0 Å². The maximum absolute atomic E-state index is 4.76. The van der Waals surface area contributed by atoms with E-state index in [2.05, 4.69) is 28.2 Å². The zero-order valence-electron chi connectivity index (χ0n) is 13.2. The van der Waals surface area contributed by atoms with Gasteiger partial charge in [-0.05, 0) is 37.7 Å². The first-order valence-corrected chi connectivity index (χ1v) is 8.66. The fourth-order valence-corrected chi connectivity index (χ4v) is 3.60. The molecule has 21 heavy (non-hydrogen) atoms. The molecule has 0 radical (unpaired) electrons. The number of aromatic nitrogens is 2. The summed E-state index contributed by atoms with van der Waals surface area (Å²) >= 11 is 0. The maximum atomic E-state index is 4.76. The van der Waals surface area contributed by atoms with Crippen LogP contribution in [0.1, 0.15) is 58.3 Å². The van der Waals surface area contributed by atoms with Crippen molar-refractivity contribution in [3.63, 3.8) is 0 Å². The molecule has 1 atom stereocenters. The zero-order chi connectivity index (χ0) is 14.5. The number of nitrogens with one attached hydrogen (secondary N) is 1. The summed E-state index contributed by atoms with van der Waals surface area (Å²) in [6.45, 7) is 4.59. The molecular weight excluding hydrogens is 260 g/mol. The van der Waals surface area contributed by atoms with Gasteiger partial charge in [-0.15, -0.1) is 0 Å². The third-order valence-corrected chi connectivity index (χ3v) is 4.81. The predicted octanol–water partition coefficient (Wildman–Crippen LogP) is 3.85. The largest absolute Gasteiger partial charge is 0.356 e. The van der Waals surface area contributed by atoms with Crippen molar-refractivity contribution in [2.45, 2.75) is 64.3 Å². The molecule has 1 aliphatic heterocycles. The van der Waals surface area contributed by atoms with E-state index in [1.807, 2.05) is 6.20 Å². The Balaban J connectivity index is 1.64. The Hall–Kier alpha value is -1.32. The molecule has 0 amide bonds. The molecule has 4 heteroatoms. The van der Waals surface area contributed by atoms with Crippen molar-refractivity contribution < 1.29 is 0 Å². The van der Waals surface area contributed by atoms with Gasteiger partial charge < -0.3 is 10.2 Å². The van der Waals surface area contributed by atoms with Gasteiger partial charge in [-0.3, -0.25) is 0 Å². The average molecular weight is 288 g/mol. The van der Waals surface area contributed by atoms with Crippen molar-refractivity contribution in [1.82, 2.24) is 9.97 Å². The van der Waals surface area contributed by atoms with Crippen LogP contribution in [0, 0.1) is 5.92 Å². The lowest BCUT2D eigenvalue weighted by molar-refractivity contribution is 0.444. The number of nitrogens with zero attached hydrogens (tertiary/aromatic N) is 3. The average Bonchev–Trinajstić information content (AvgIpc) is 2.76. The highest BCUT2D eigenvalue weighted by Gasteiger charge is 2.18. The van der Waals surface area contributed by atoms with E-state index in [4.69, 9.17) is 4.98 Å². The summed E-state index contributed by atoms with van der Waals surface area (Å²) in [5.41, 5.74) is 0. The van der Waals surface area contributed by atoms with E-state index in [-0.39, 0.29) is 0 Å². The Morgan fingerprint density at radius 3 is 2.67 bits per heavy atom. The molecule has 2 fully saturated rings. The van der Waals surface area contributed by atoms with Gasteiger partial charge >= 0.3 is 0 Å². The van der Waals surface area contributed by atoms with Crippen molar-refractivity contribution in [1.29, 1.82) is 0 Å². The topological polar surface area (TPSA) is 41.1 Å². The van der Waals surface area contributed by atoms with Crippen molar-refractivity contribution >= 4 is 11.8 Å². The second-order valence-electron chi connectivity index (χ2n) is 6.76. The van der Waals surface area contributed by atoms with Gasteiger partial charge in [-0.1, -0.05) is 32.6 Å². The van der Waals surface area contributed by atoms with Crippen LogP contribution in [0.2, 0.25) is 0 Å². The molecule has 0 spiro atoms. The molecule has 0 aromatic carbocycles. The lowest BCUT2D eigenvalue weighted by Crippen LogP contribution is -2.35. The first kappa shape index (κ1) is 14.6. The van der Waals surface area contributed by atoms with Gasteiger partial charge in [-0.25, -0.2) is 4.98 Å². The van der Waals surface area contributed by atoms with Gasteiger partial charge in [0.1, 0.15) is 5.82 Å². The number of anilines is 2. The van der Waals surface area contributed by atoms with E-state index in [9.17, 15) is 0 Å². The predicted molar refractivity (Wildman–Crippen MR) is 87.8 cm³/mol. The summed E-state index contributed by atoms with van der Waals surface area (Å²) < 4.78 is 0. The first-order chi connectivity index (χ1) is 10.3. The molecule has 1 saturated carbocycles. The Morgan fingerprint density at radius 2 is 1.90 bits per heavy atom. The summed E-state index contributed by atoms with van der Waals surface area (Å²) in [5, 5.41) is 3.56. The maximum Gasteiger partial charge on any atom is 0.224 e. The van der Waals surface area contributed by atoms with Crippen LogP contribution in [0.5, 0.6) is 0 Å². The van der Waals surface area contributed by atoms with Gasteiger partial charge in [0, 0.05) is 25.3 Å². The summed E-state index contributed by atoms with van der Waals surface area (Å²) in [4.78, 5) is 11.6. The highest BCUT2D eigenvalue weighted by atomic mass is 15.2. The highest BCUT2D eigenvalue weighted by Crippen LogP contribution is 2.23. The van der Waals surface area contributed by atoms with E-state index in [0.717, 1.165) is 30.8 Å². The second kappa shape index (κ2) is 7.10. The van der Waals surface area contributed by atoms with Crippen molar-refractivity contribution in [3.8, 4) is 0 Å². The molecule has 0 bridgehead atoms. The molecule has 4 nitrogen and oxygen atoms in total. The van der Waals surface area contributed by atoms with Crippen LogP contribution in [-0.2, 0) is 0 Å². The molecular formula is C17H28N4. The summed E-state index contributed by atoms with van der Waals surface area (Å²) in [6, 6.07) is 2.61. The fraction of sp³-hybridized carbons (Fsp3) is 0.765. The molecule has 1 N–H and O–H groups in total. The standard InChI is InChI=1S/C17H28N4/c1-14-7-6-12-21(13-14)16-10-11-18-17(20-16)19-15-8-4-2-3-5-9-15/h10-11,14-15H,2-9,12-13H2,1H3,(H,18,19,20). The highest BCUT2D eigenvalue weighted by molar-refractivity contribution is 5.43. The molecule has 2 heterocycles. The van der Waals surface area contributed by atoms with Gasteiger partial charge in [0.2, 0.25) is 5.95 Å². The number of piperidine rings is 1. The van der Waals surface area contributed by atoms with Crippen molar-refractivity contribution in [2.24, 2.45) is 5.92 Å². The smallest absolute Gasteiger partial charge is 0.224 e. The van der Waals surface area contributed by atoms with Gasteiger partial charge in [-0.2, -0.15) is 4.98 Å². The molecule has 1 unspecified atom stereocenters. The van der Waals surface area contributed by atoms with Crippen LogP contribution in [-0.4, -0.2) is 29.1 Å². The zero-order valence-corrected chi connectivity index (χ0v) is 13.2. The molecule has 3 rings (SSSR count). The second-order valence-corrected chi connectivity index (χ2v) is 6.76. The number of rotatable bonds is 3. The minimum Gasteiger partial charge on any atom is -0.356 e. The number of hydrogen-bond acceptors (Lipinski definition) is 4. The fourth-order valence-electron chi connectivity index (χ4n) is 3.60. The molecule has 116 valence electrons. The molecule has 1 aromatic rings. The van der Waals surface area contributed by atoms with Crippen LogP contribution < -0.4 is 10.2 Å². The Kier molecular flexibility index (Phi) is 4.94. The number of hydrogen-bond donors (Lipinski definition) is 1. The van der Waals surface area contributed by atoms with E-state index in [0.29, 0.717) is 6.04 Å². The monoisotopic (exact) mass is 288 g/mol. The van der Waals surface area contributed by atoms with Crippen molar-refractivity contribution in [2.75, 3.05) is 23.3 Å². The van der Waals surface area contributed by atoms with E-state index < -0.39 is 0 Å². The Labute approximate surface area is 128 Å². The minimum absolute atomic E-state index is 0.558. The van der Waals surface area contributed by atoms with E-state index in [1.54, 1.807) is 0 Å². The van der Waals surface area contributed by atoms with Crippen LogP contribution in [0.15, 0.2) is 12.3 Å².